The second-order valence-electron chi connectivity index (χ2n) is 3.71. The second kappa shape index (κ2) is 2.95. The molecule has 1 unspecified atom stereocenters. The van der Waals surface area contributed by atoms with Gasteiger partial charge in [-0.2, -0.15) is 0 Å². The molecule has 1 heterocycles. The minimum absolute atomic E-state index is 0.271. The number of anilines is 1. The Morgan fingerprint density at radius 2 is 2.00 bits per heavy atom. The van der Waals surface area contributed by atoms with Crippen molar-refractivity contribution in [2.24, 2.45) is 0 Å². The molecule has 1 N–H and O–H groups in total. The summed E-state index contributed by atoms with van der Waals surface area (Å²) in [7, 11) is 0. The maximum Gasteiger partial charge on any atom is 0.146 e. The summed E-state index contributed by atoms with van der Waals surface area (Å²) in [5, 5.41) is 3.40. The summed E-state index contributed by atoms with van der Waals surface area (Å²) in [6, 6.07) is 4.23. The molecule has 2 nitrogen and oxygen atoms in total. The van der Waals surface area contributed by atoms with Crippen molar-refractivity contribution < 1.29 is 4.74 Å². The van der Waals surface area contributed by atoms with Gasteiger partial charge >= 0.3 is 0 Å². The summed E-state index contributed by atoms with van der Waals surface area (Å²) < 4.78 is 5.78. The van der Waals surface area contributed by atoms with Crippen LogP contribution >= 0.6 is 0 Å². The molecule has 0 aromatic heterocycles. The van der Waals surface area contributed by atoms with E-state index in [1.807, 2.05) is 0 Å². The Morgan fingerprint density at radius 3 is 2.77 bits per heavy atom. The molecule has 13 heavy (non-hydrogen) atoms. The minimum Gasteiger partial charge on any atom is -0.486 e. The summed E-state index contributed by atoms with van der Waals surface area (Å²) in [5.74, 6) is 1.03. The zero-order valence-corrected chi connectivity index (χ0v) is 8.35. The normalized spacial score (nSPS) is 20.1. The van der Waals surface area contributed by atoms with Crippen molar-refractivity contribution in [3.05, 3.63) is 23.3 Å². The van der Waals surface area contributed by atoms with Crippen LogP contribution in [0.1, 0.15) is 18.1 Å². The smallest absolute Gasteiger partial charge is 0.146 e. The van der Waals surface area contributed by atoms with E-state index >= 15 is 0 Å². The lowest BCUT2D eigenvalue weighted by Crippen LogP contribution is -2.28. The van der Waals surface area contributed by atoms with Gasteiger partial charge in [0.05, 0.1) is 12.2 Å². The Hall–Kier alpha value is -1.18. The summed E-state index contributed by atoms with van der Waals surface area (Å²) in [5.41, 5.74) is 3.63. The SMILES string of the molecule is Cc1ccc(C)c2c1NCC(C)O2. The van der Waals surface area contributed by atoms with Gasteiger partial charge in [0.15, 0.2) is 0 Å². The van der Waals surface area contributed by atoms with E-state index in [9.17, 15) is 0 Å². The molecule has 2 rings (SSSR count). The highest BCUT2D eigenvalue weighted by molar-refractivity contribution is 5.65. The molecule has 0 radical (unpaired) electrons. The third-order valence-electron chi connectivity index (χ3n) is 2.45. The van der Waals surface area contributed by atoms with Gasteiger partial charge in [-0.1, -0.05) is 12.1 Å². The topological polar surface area (TPSA) is 21.3 Å². The van der Waals surface area contributed by atoms with E-state index in [-0.39, 0.29) is 6.10 Å². The molecule has 0 spiro atoms. The first-order valence-electron chi connectivity index (χ1n) is 4.69. The van der Waals surface area contributed by atoms with Crippen LogP contribution in [0, 0.1) is 13.8 Å². The van der Waals surface area contributed by atoms with Gasteiger partial charge < -0.3 is 10.1 Å². The Morgan fingerprint density at radius 1 is 1.31 bits per heavy atom. The fourth-order valence-electron chi connectivity index (χ4n) is 1.65. The highest BCUT2D eigenvalue weighted by Gasteiger charge is 2.18. The number of hydrogen-bond donors (Lipinski definition) is 1. The van der Waals surface area contributed by atoms with Crippen molar-refractivity contribution in [1.29, 1.82) is 0 Å². The van der Waals surface area contributed by atoms with Crippen LogP contribution in [-0.2, 0) is 0 Å². The number of nitrogens with one attached hydrogen (secondary N) is 1. The van der Waals surface area contributed by atoms with Gasteiger partial charge in [0, 0.05) is 0 Å². The third kappa shape index (κ3) is 1.37. The Labute approximate surface area is 78.9 Å². The van der Waals surface area contributed by atoms with Gasteiger partial charge in [-0.25, -0.2) is 0 Å². The summed E-state index contributed by atoms with van der Waals surface area (Å²) in [6.07, 6.45) is 0.271. The number of ether oxygens (including phenoxy) is 1. The maximum absolute atomic E-state index is 5.78. The zero-order chi connectivity index (χ0) is 9.42. The largest absolute Gasteiger partial charge is 0.486 e. The monoisotopic (exact) mass is 177 g/mol. The molecule has 2 heteroatoms. The highest BCUT2D eigenvalue weighted by Crippen LogP contribution is 2.35. The Bertz CT molecular complexity index is 333. The fraction of sp³-hybridized carbons (Fsp3) is 0.455. The van der Waals surface area contributed by atoms with Crippen molar-refractivity contribution in [3.8, 4) is 5.75 Å². The van der Waals surface area contributed by atoms with Gasteiger partial charge in [0.2, 0.25) is 0 Å². The molecule has 0 amide bonds. The van der Waals surface area contributed by atoms with Crippen LogP contribution in [-0.4, -0.2) is 12.6 Å². The predicted molar refractivity (Wildman–Crippen MR) is 54.5 cm³/mol. The molecule has 0 fully saturated rings. The molecule has 1 aromatic rings. The molecule has 70 valence electrons. The quantitative estimate of drug-likeness (QED) is 0.657. The van der Waals surface area contributed by atoms with E-state index in [0.29, 0.717) is 0 Å². The number of aryl methyl sites for hydroxylation is 2. The van der Waals surface area contributed by atoms with E-state index in [4.69, 9.17) is 4.74 Å². The zero-order valence-electron chi connectivity index (χ0n) is 8.35. The number of benzene rings is 1. The number of hydrogen-bond acceptors (Lipinski definition) is 2. The third-order valence-corrected chi connectivity index (χ3v) is 2.45. The van der Waals surface area contributed by atoms with Crippen LogP contribution in [0.5, 0.6) is 5.75 Å². The van der Waals surface area contributed by atoms with Gasteiger partial charge in [0.25, 0.3) is 0 Å². The van der Waals surface area contributed by atoms with Gasteiger partial charge in [-0.05, 0) is 31.9 Å². The van der Waals surface area contributed by atoms with Crippen LogP contribution in [0.4, 0.5) is 5.69 Å². The van der Waals surface area contributed by atoms with Crippen LogP contribution in [0.3, 0.4) is 0 Å². The molecule has 0 aliphatic carbocycles. The van der Waals surface area contributed by atoms with Gasteiger partial charge in [-0.3, -0.25) is 0 Å². The van der Waals surface area contributed by atoms with Crippen LogP contribution in [0.15, 0.2) is 12.1 Å². The van der Waals surface area contributed by atoms with E-state index in [1.54, 1.807) is 0 Å². The average Bonchev–Trinajstić information content (AvgIpc) is 2.12. The average molecular weight is 177 g/mol. The van der Waals surface area contributed by atoms with E-state index in [0.717, 1.165) is 18.0 Å². The molecule has 1 aliphatic heterocycles. The van der Waals surface area contributed by atoms with Crippen molar-refractivity contribution in [1.82, 2.24) is 0 Å². The molecule has 1 aromatic carbocycles. The molecule has 1 aliphatic rings. The molecule has 0 saturated carbocycles. The Balaban J connectivity index is 2.51. The van der Waals surface area contributed by atoms with Crippen molar-refractivity contribution in [2.75, 3.05) is 11.9 Å². The van der Waals surface area contributed by atoms with E-state index in [2.05, 4.69) is 38.2 Å². The van der Waals surface area contributed by atoms with Crippen LogP contribution in [0.2, 0.25) is 0 Å². The van der Waals surface area contributed by atoms with Gasteiger partial charge in [0.1, 0.15) is 11.9 Å². The van der Waals surface area contributed by atoms with Gasteiger partial charge in [-0.15, -0.1) is 0 Å². The fourth-order valence-corrected chi connectivity index (χ4v) is 1.65. The lowest BCUT2D eigenvalue weighted by atomic mass is 10.1. The first-order chi connectivity index (χ1) is 6.18. The first-order valence-corrected chi connectivity index (χ1v) is 4.69. The van der Waals surface area contributed by atoms with E-state index < -0.39 is 0 Å². The molecular formula is C11H15NO. The van der Waals surface area contributed by atoms with Crippen LogP contribution < -0.4 is 10.1 Å². The predicted octanol–water partition coefficient (Wildman–Crippen LogP) is 2.50. The number of fused-ring (bicyclic) bond motifs is 1. The summed E-state index contributed by atoms with van der Waals surface area (Å²) in [4.78, 5) is 0. The lowest BCUT2D eigenvalue weighted by Gasteiger charge is -2.27. The molecule has 1 atom stereocenters. The second-order valence-corrected chi connectivity index (χ2v) is 3.71. The molecule has 0 bridgehead atoms. The number of rotatable bonds is 0. The standard InChI is InChI=1S/C11H15NO/c1-7-4-5-8(2)11-10(7)12-6-9(3)13-11/h4-5,9,12H,6H2,1-3H3. The molecular weight excluding hydrogens is 162 g/mol. The van der Waals surface area contributed by atoms with Crippen LogP contribution in [0.25, 0.3) is 0 Å². The summed E-state index contributed by atoms with van der Waals surface area (Å²) >= 11 is 0. The summed E-state index contributed by atoms with van der Waals surface area (Å²) in [6.45, 7) is 7.16. The first kappa shape index (κ1) is 8.42. The van der Waals surface area contributed by atoms with Crippen molar-refractivity contribution in [3.63, 3.8) is 0 Å². The maximum atomic E-state index is 5.78. The Kier molecular flexibility index (Phi) is 1.91. The highest BCUT2D eigenvalue weighted by atomic mass is 16.5. The lowest BCUT2D eigenvalue weighted by molar-refractivity contribution is 0.224. The van der Waals surface area contributed by atoms with Crippen molar-refractivity contribution >= 4 is 5.69 Å². The minimum atomic E-state index is 0.271. The molecule has 0 saturated heterocycles. The van der Waals surface area contributed by atoms with E-state index in [1.165, 1.54) is 11.1 Å². The van der Waals surface area contributed by atoms with Crippen molar-refractivity contribution in [2.45, 2.75) is 26.9 Å².